The van der Waals surface area contributed by atoms with E-state index in [1.807, 2.05) is 61.5 Å². The topological polar surface area (TPSA) is 108 Å². The number of hydrogen-bond donors (Lipinski definition) is 1. The first-order valence-electron chi connectivity index (χ1n) is 15.0. The molecule has 1 heterocycles. The number of methoxy groups -OCH3 is 2. The molecule has 238 valence electrons. The van der Waals surface area contributed by atoms with E-state index in [0.29, 0.717) is 41.1 Å². The molecule has 2 amide bonds. The summed E-state index contributed by atoms with van der Waals surface area (Å²) in [7, 11) is 3.09. The fourth-order valence-corrected chi connectivity index (χ4v) is 5.12. The molecule has 1 unspecified atom stereocenters. The van der Waals surface area contributed by atoms with Gasteiger partial charge in [-0.25, -0.2) is 4.79 Å². The van der Waals surface area contributed by atoms with Crippen molar-refractivity contribution in [2.45, 2.75) is 52.7 Å². The predicted octanol–water partition coefficient (Wildman–Crippen LogP) is 5.48. The second kappa shape index (κ2) is 15.8. The molecule has 3 aromatic carbocycles. The Labute approximate surface area is 263 Å². The van der Waals surface area contributed by atoms with Crippen molar-refractivity contribution in [1.82, 2.24) is 10.0 Å². The third-order valence-corrected chi connectivity index (χ3v) is 7.26. The van der Waals surface area contributed by atoms with Gasteiger partial charge in [0.1, 0.15) is 28.9 Å². The van der Waals surface area contributed by atoms with Crippen molar-refractivity contribution in [3.63, 3.8) is 0 Å². The molecule has 10 nitrogen and oxygen atoms in total. The standard InChI is InChI=1S/C35H41N3O7/c1-6-7-13-18-37(33-31(42-4)19-24(2)20-32(33)43-5)35(41)28(23-44-22-26-14-9-8-10-15-26)36-34(40)30-21-27-16-11-12-17-29(27)38(30)45-25(3)39/h8-12,14-17,19-21,28H,6-7,13,18,22-23H2,1-5H3,(H,36,40). The number of aromatic nitrogens is 1. The first-order chi connectivity index (χ1) is 21.8. The molecule has 0 aliphatic rings. The maximum Gasteiger partial charge on any atom is 0.329 e. The van der Waals surface area contributed by atoms with Gasteiger partial charge in [0.2, 0.25) is 0 Å². The summed E-state index contributed by atoms with van der Waals surface area (Å²) in [6.45, 7) is 5.75. The number of nitrogens with zero attached hydrogens (tertiary/aromatic N) is 2. The minimum atomic E-state index is -1.11. The molecule has 0 spiro atoms. The molecule has 1 atom stereocenters. The first kappa shape index (κ1) is 33.1. The number of anilines is 1. The second-order valence-corrected chi connectivity index (χ2v) is 10.7. The zero-order valence-corrected chi connectivity index (χ0v) is 26.5. The lowest BCUT2D eigenvalue weighted by atomic mass is 10.1. The lowest BCUT2D eigenvalue weighted by Crippen LogP contribution is -2.52. The van der Waals surface area contributed by atoms with E-state index < -0.39 is 23.8 Å². The van der Waals surface area contributed by atoms with Gasteiger partial charge in [0.25, 0.3) is 11.8 Å². The molecule has 1 aromatic heterocycles. The molecular formula is C35H41N3O7. The molecule has 4 aromatic rings. The number of hydrogen-bond acceptors (Lipinski definition) is 7. The Morgan fingerprint density at radius 2 is 1.58 bits per heavy atom. The number of unbranched alkanes of at least 4 members (excludes halogenated alkanes) is 2. The van der Waals surface area contributed by atoms with Crippen LogP contribution in [-0.4, -0.2) is 55.9 Å². The number of rotatable bonds is 15. The predicted molar refractivity (Wildman–Crippen MR) is 173 cm³/mol. The molecule has 0 aliphatic carbocycles. The highest BCUT2D eigenvalue weighted by molar-refractivity contribution is 6.05. The van der Waals surface area contributed by atoms with E-state index in [4.69, 9.17) is 19.0 Å². The number of amides is 2. The van der Waals surface area contributed by atoms with Crippen molar-refractivity contribution in [1.29, 1.82) is 0 Å². The number of para-hydroxylation sites is 1. The van der Waals surface area contributed by atoms with Crippen LogP contribution < -0.4 is 24.5 Å². The van der Waals surface area contributed by atoms with Gasteiger partial charge in [-0.2, -0.15) is 4.73 Å². The summed E-state index contributed by atoms with van der Waals surface area (Å²) in [5.41, 5.74) is 2.91. The Morgan fingerprint density at radius 1 is 0.911 bits per heavy atom. The van der Waals surface area contributed by atoms with Gasteiger partial charge in [-0.05, 0) is 48.7 Å². The number of fused-ring (bicyclic) bond motifs is 1. The molecular weight excluding hydrogens is 574 g/mol. The van der Waals surface area contributed by atoms with Gasteiger partial charge < -0.3 is 29.3 Å². The molecule has 0 saturated heterocycles. The molecule has 0 fully saturated rings. The largest absolute Gasteiger partial charge is 0.494 e. The summed E-state index contributed by atoms with van der Waals surface area (Å²) in [5, 5.41) is 3.57. The van der Waals surface area contributed by atoms with Gasteiger partial charge in [0.05, 0.1) is 33.0 Å². The minimum Gasteiger partial charge on any atom is -0.494 e. The first-order valence-corrected chi connectivity index (χ1v) is 15.0. The summed E-state index contributed by atoms with van der Waals surface area (Å²) in [6.07, 6.45) is 2.56. The van der Waals surface area contributed by atoms with Crippen molar-refractivity contribution in [3.05, 3.63) is 89.6 Å². The summed E-state index contributed by atoms with van der Waals surface area (Å²) < 4.78 is 18.6. The van der Waals surface area contributed by atoms with E-state index >= 15 is 0 Å². The van der Waals surface area contributed by atoms with Crippen molar-refractivity contribution in [2.75, 3.05) is 32.3 Å². The molecule has 0 saturated carbocycles. The van der Waals surface area contributed by atoms with Crippen LogP contribution in [0.2, 0.25) is 0 Å². The van der Waals surface area contributed by atoms with Crippen molar-refractivity contribution in [3.8, 4) is 11.5 Å². The molecule has 10 heteroatoms. The van der Waals surface area contributed by atoms with E-state index in [2.05, 4.69) is 12.2 Å². The number of ether oxygens (including phenoxy) is 3. The van der Waals surface area contributed by atoms with Crippen molar-refractivity contribution >= 4 is 34.4 Å². The van der Waals surface area contributed by atoms with E-state index in [-0.39, 0.29) is 18.9 Å². The Morgan fingerprint density at radius 3 is 2.22 bits per heavy atom. The van der Waals surface area contributed by atoms with Gasteiger partial charge in [-0.3, -0.25) is 9.59 Å². The van der Waals surface area contributed by atoms with Crippen LogP contribution in [0.25, 0.3) is 10.9 Å². The summed E-state index contributed by atoms with van der Waals surface area (Å²) in [5.74, 6) is -0.651. The zero-order chi connectivity index (χ0) is 32.3. The zero-order valence-electron chi connectivity index (χ0n) is 26.5. The quantitative estimate of drug-likeness (QED) is 0.177. The highest BCUT2D eigenvalue weighted by Gasteiger charge is 2.32. The van der Waals surface area contributed by atoms with E-state index in [0.717, 1.165) is 24.0 Å². The highest BCUT2D eigenvalue weighted by atomic mass is 16.7. The molecule has 1 N–H and O–H groups in total. The molecule has 4 rings (SSSR count). The average Bonchev–Trinajstić information content (AvgIpc) is 3.40. The van der Waals surface area contributed by atoms with Gasteiger partial charge in [0, 0.05) is 18.9 Å². The van der Waals surface area contributed by atoms with E-state index in [1.165, 1.54) is 11.7 Å². The van der Waals surface area contributed by atoms with Gasteiger partial charge in [-0.1, -0.05) is 68.3 Å². The Bertz CT molecular complexity index is 1590. The number of carbonyl (C=O) groups is 3. The maximum absolute atomic E-state index is 14.5. The molecule has 45 heavy (non-hydrogen) atoms. The van der Waals surface area contributed by atoms with Crippen LogP contribution in [0.15, 0.2) is 72.8 Å². The lowest BCUT2D eigenvalue weighted by Gasteiger charge is -2.30. The third-order valence-electron chi connectivity index (χ3n) is 7.26. The Balaban J connectivity index is 1.73. The maximum atomic E-state index is 14.5. The summed E-state index contributed by atoms with van der Waals surface area (Å²) in [4.78, 5) is 47.4. The minimum absolute atomic E-state index is 0.0651. The third kappa shape index (κ3) is 8.21. The number of aryl methyl sites for hydroxylation is 1. The van der Waals surface area contributed by atoms with Gasteiger partial charge in [0.15, 0.2) is 0 Å². The SMILES string of the molecule is CCCCCN(C(=O)C(COCc1ccccc1)NC(=O)c1cc2ccccc2n1OC(C)=O)c1c(OC)cc(C)cc1OC. The highest BCUT2D eigenvalue weighted by Crippen LogP contribution is 2.40. The van der Waals surface area contributed by atoms with Crippen LogP contribution in [0, 0.1) is 6.92 Å². The lowest BCUT2D eigenvalue weighted by molar-refractivity contribution is -0.141. The Kier molecular flexibility index (Phi) is 11.6. The summed E-state index contributed by atoms with van der Waals surface area (Å²) >= 11 is 0. The number of carbonyl (C=O) groups excluding carboxylic acids is 3. The van der Waals surface area contributed by atoms with Crippen LogP contribution in [0.1, 0.15) is 54.7 Å². The van der Waals surface area contributed by atoms with Crippen LogP contribution in [0.4, 0.5) is 5.69 Å². The number of benzene rings is 3. The van der Waals surface area contributed by atoms with Gasteiger partial charge in [-0.15, -0.1) is 0 Å². The fourth-order valence-electron chi connectivity index (χ4n) is 5.12. The van der Waals surface area contributed by atoms with Crippen LogP contribution in [0.3, 0.4) is 0 Å². The number of nitrogens with one attached hydrogen (secondary N) is 1. The van der Waals surface area contributed by atoms with Crippen LogP contribution in [-0.2, 0) is 20.9 Å². The molecule has 0 bridgehead atoms. The van der Waals surface area contributed by atoms with Crippen molar-refractivity contribution in [2.24, 2.45) is 0 Å². The molecule has 0 aliphatic heterocycles. The van der Waals surface area contributed by atoms with E-state index in [1.54, 1.807) is 37.3 Å². The van der Waals surface area contributed by atoms with Crippen molar-refractivity contribution < 1.29 is 33.4 Å². The van der Waals surface area contributed by atoms with Gasteiger partial charge >= 0.3 is 5.97 Å². The van der Waals surface area contributed by atoms with Crippen LogP contribution in [0.5, 0.6) is 11.5 Å². The van der Waals surface area contributed by atoms with Crippen LogP contribution >= 0.6 is 0 Å². The fraction of sp³-hybridized carbons (Fsp3) is 0.343. The monoisotopic (exact) mass is 615 g/mol. The molecule has 0 radical (unpaired) electrons. The van der Waals surface area contributed by atoms with E-state index in [9.17, 15) is 14.4 Å². The Hall–Kier alpha value is -4.83. The normalized spacial score (nSPS) is 11.6. The summed E-state index contributed by atoms with van der Waals surface area (Å²) in [6, 6.07) is 20.9. The second-order valence-electron chi connectivity index (χ2n) is 10.7. The average molecular weight is 616 g/mol. The smallest absolute Gasteiger partial charge is 0.329 e.